The van der Waals surface area contributed by atoms with Gasteiger partial charge in [-0.1, -0.05) is 11.8 Å². The van der Waals surface area contributed by atoms with Crippen LogP contribution in [-0.2, 0) is 0 Å². The van der Waals surface area contributed by atoms with Crippen LogP contribution in [0.25, 0.3) is 11.4 Å². The van der Waals surface area contributed by atoms with E-state index < -0.39 is 0 Å². The quantitative estimate of drug-likeness (QED) is 0.790. The predicted octanol–water partition coefficient (Wildman–Crippen LogP) is 1.81. The van der Waals surface area contributed by atoms with Crippen molar-refractivity contribution in [2.24, 2.45) is 0 Å². The van der Waals surface area contributed by atoms with Gasteiger partial charge in [-0.15, -0.1) is 5.10 Å². The van der Waals surface area contributed by atoms with Gasteiger partial charge >= 0.3 is 0 Å². The molecule has 1 aromatic heterocycles. The molecular weight excluding hydrogens is 266 g/mol. The maximum atomic E-state index is 11.7. The Balaban J connectivity index is 1.78. The Kier molecular flexibility index (Phi) is 2.28. The molecule has 4 rings (SSSR count). The molecule has 0 saturated heterocycles. The number of aromatic nitrogens is 3. The molecule has 96 valence electrons. The summed E-state index contributed by atoms with van der Waals surface area (Å²) in [6.45, 7) is 0.236. The lowest BCUT2D eigenvalue weighted by Crippen LogP contribution is -2.18. The fourth-order valence-corrected chi connectivity index (χ4v) is 2.92. The van der Waals surface area contributed by atoms with Gasteiger partial charge in [0.25, 0.3) is 0 Å². The third-order valence-corrected chi connectivity index (χ3v) is 3.92. The minimum atomic E-state index is -0.00626. The van der Waals surface area contributed by atoms with Crippen LogP contribution >= 0.6 is 11.8 Å². The molecular formula is C12H9N3O3S. The SMILES string of the molecule is O=C1CCSc2nc(-c3ccc4c(c3)OCO4)nn21. The van der Waals surface area contributed by atoms with Crippen molar-refractivity contribution >= 4 is 17.7 Å². The van der Waals surface area contributed by atoms with Crippen LogP contribution in [0.4, 0.5) is 0 Å². The van der Waals surface area contributed by atoms with E-state index in [0.717, 1.165) is 17.1 Å². The van der Waals surface area contributed by atoms with Gasteiger partial charge in [-0.2, -0.15) is 4.68 Å². The maximum Gasteiger partial charge on any atom is 0.250 e. The third kappa shape index (κ3) is 1.69. The van der Waals surface area contributed by atoms with Crippen molar-refractivity contribution in [3.05, 3.63) is 18.2 Å². The van der Waals surface area contributed by atoms with Crippen molar-refractivity contribution in [1.82, 2.24) is 14.8 Å². The summed E-state index contributed by atoms with van der Waals surface area (Å²) in [5.41, 5.74) is 0.819. The van der Waals surface area contributed by atoms with Gasteiger partial charge in [0.2, 0.25) is 12.7 Å². The topological polar surface area (TPSA) is 66.2 Å². The van der Waals surface area contributed by atoms with Crippen LogP contribution in [0.1, 0.15) is 11.2 Å². The highest BCUT2D eigenvalue weighted by molar-refractivity contribution is 7.99. The third-order valence-electron chi connectivity index (χ3n) is 2.99. The van der Waals surface area contributed by atoms with Crippen LogP contribution in [-0.4, -0.2) is 33.2 Å². The molecule has 7 heteroatoms. The number of rotatable bonds is 1. The molecule has 6 nitrogen and oxygen atoms in total. The summed E-state index contributed by atoms with van der Waals surface area (Å²) in [6.07, 6.45) is 0.502. The predicted molar refractivity (Wildman–Crippen MR) is 67.5 cm³/mol. The molecule has 0 bridgehead atoms. The summed E-state index contributed by atoms with van der Waals surface area (Å²) in [4.78, 5) is 16.1. The Morgan fingerprint density at radius 2 is 2.16 bits per heavy atom. The summed E-state index contributed by atoms with van der Waals surface area (Å²) in [5.74, 6) is 2.70. The van der Waals surface area contributed by atoms with Crippen LogP contribution in [0.15, 0.2) is 23.4 Å². The zero-order valence-electron chi connectivity index (χ0n) is 9.83. The number of nitrogens with zero attached hydrogens (tertiary/aromatic N) is 3. The van der Waals surface area contributed by atoms with Crippen molar-refractivity contribution in [3.63, 3.8) is 0 Å². The molecule has 0 radical (unpaired) electrons. The fraction of sp³-hybridized carbons (Fsp3) is 0.250. The first-order valence-electron chi connectivity index (χ1n) is 5.84. The Labute approximate surface area is 112 Å². The highest BCUT2D eigenvalue weighted by Crippen LogP contribution is 2.35. The number of fused-ring (bicyclic) bond motifs is 2. The monoisotopic (exact) mass is 275 g/mol. The molecule has 0 aliphatic carbocycles. The molecule has 2 aliphatic rings. The molecule has 0 fully saturated rings. The molecule has 0 unspecified atom stereocenters. The van der Waals surface area contributed by atoms with E-state index in [2.05, 4.69) is 10.1 Å². The molecule has 0 saturated carbocycles. The van der Waals surface area contributed by atoms with Gasteiger partial charge in [-0.25, -0.2) is 4.98 Å². The molecule has 0 atom stereocenters. The zero-order chi connectivity index (χ0) is 12.8. The van der Waals surface area contributed by atoms with E-state index in [9.17, 15) is 4.79 Å². The molecule has 0 amide bonds. The van der Waals surface area contributed by atoms with E-state index >= 15 is 0 Å². The Hall–Kier alpha value is -2.02. The summed E-state index contributed by atoms with van der Waals surface area (Å²) in [6, 6.07) is 5.52. The summed E-state index contributed by atoms with van der Waals surface area (Å²) in [7, 11) is 0. The highest BCUT2D eigenvalue weighted by Gasteiger charge is 2.23. The minimum Gasteiger partial charge on any atom is -0.454 e. The molecule has 19 heavy (non-hydrogen) atoms. The lowest BCUT2D eigenvalue weighted by molar-refractivity contribution is 0.0878. The van der Waals surface area contributed by atoms with Crippen molar-refractivity contribution in [3.8, 4) is 22.9 Å². The lowest BCUT2D eigenvalue weighted by Gasteiger charge is -2.07. The number of hydrogen-bond acceptors (Lipinski definition) is 6. The zero-order valence-corrected chi connectivity index (χ0v) is 10.6. The molecule has 0 spiro atoms. The van der Waals surface area contributed by atoms with Gasteiger partial charge in [0.15, 0.2) is 22.5 Å². The van der Waals surface area contributed by atoms with E-state index in [1.807, 2.05) is 18.2 Å². The summed E-state index contributed by atoms with van der Waals surface area (Å²) < 4.78 is 12.0. The second-order valence-corrected chi connectivity index (χ2v) is 5.25. The van der Waals surface area contributed by atoms with Crippen LogP contribution in [0.3, 0.4) is 0 Å². The Morgan fingerprint density at radius 3 is 3.05 bits per heavy atom. The first kappa shape index (κ1) is 10.9. The average molecular weight is 275 g/mol. The van der Waals surface area contributed by atoms with Gasteiger partial charge in [-0.05, 0) is 18.2 Å². The van der Waals surface area contributed by atoms with Gasteiger partial charge in [0.05, 0.1) is 0 Å². The average Bonchev–Trinajstić information content (AvgIpc) is 3.04. The summed E-state index contributed by atoms with van der Waals surface area (Å²) in [5, 5.41) is 4.92. The summed E-state index contributed by atoms with van der Waals surface area (Å²) >= 11 is 1.55. The van der Waals surface area contributed by atoms with Crippen molar-refractivity contribution < 1.29 is 14.3 Å². The number of carbonyl (C=O) groups is 1. The van der Waals surface area contributed by atoms with Crippen LogP contribution < -0.4 is 9.47 Å². The van der Waals surface area contributed by atoms with Gasteiger partial charge in [0, 0.05) is 17.7 Å². The van der Waals surface area contributed by atoms with Gasteiger partial charge in [-0.3, -0.25) is 4.79 Å². The molecule has 1 aromatic carbocycles. The number of thioether (sulfide) groups is 1. The van der Waals surface area contributed by atoms with Crippen molar-refractivity contribution in [2.75, 3.05) is 12.5 Å². The number of benzene rings is 1. The first-order chi connectivity index (χ1) is 9.31. The van der Waals surface area contributed by atoms with Crippen LogP contribution in [0.2, 0.25) is 0 Å². The molecule has 3 heterocycles. The van der Waals surface area contributed by atoms with E-state index in [-0.39, 0.29) is 12.7 Å². The maximum absolute atomic E-state index is 11.7. The lowest BCUT2D eigenvalue weighted by atomic mass is 10.2. The molecule has 2 aliphatic heterocycles. The minimum absolute atomic E-state index is 0.00626. The van der Waals surface area contributed by atoms with Crippen molar-refractivity contribution in [2.45, 2.75) is 11.6 Å². The fourth-order valence-electron chi connectivity index (χ4n) is 2.05. The Bertz CT molecular complexity index is 683. The second-order valence-electron chi connectivity index (χ2n) is 4.19. The van der Waals surface area contributed by atoms with Gasteiger partial charge < -0.3 is 9.47 Å². The normalized spacial score (nSPS) is 16.5. The highest BCUT2D eigenvalue weighted by atomic mass is 32.2. The molecule has 2 aromatic rings. The standard InChI is InChI=1S/C12H9N3O3S/c16-10-3-4-19-12-13-11(14-15(10)12)7-1-2-8-9(5-7)18-6-17-8/h1-2,5H,3-4,6H2. The van der Waals surface area contributed by atoms with Crippen LogP contribution in [0.5, 0.6) is 11.5 Å². The van der Waals surface area contributed by atoms with Crippen LogP contribution in [0, 0.1) is 0 Å². The van der Waals surface area contributed by atoms with E-state index in [4.69, 9.17) is 9.47 Å². The van der Waals surface area contributed by atoms with Gasteiger partial charge in [0.1, 0.15) is 0 Å². The number of ether oxygens (including phenoxy) is 2. The van der Waals surface area contributed by atoms with Crippen molar-refractivity contribution in [1.29, 1.82) is 0 Å². The second kappa shape index (κ2) is 3.99. The van der Waals surface area contributed by atoms with E-state index in [1.54, 1.807) is 11.8 Å². The number of hydrogen-bond donors (Lipinski definition) is 0. The first-order valence-corrected chi connectivity index (χ1v) is 6.83. The van der Waals surface area contributed by atoms with E-state index in [0.29, 0.717) is 23.2 Å². The molecule has 0 N–H and O–H groups in total. The smallest absolute Gasteiger partial charge is 0.250 e. The van der Waals surface area contributed by atoms with E-state index in [1.165, 1.54) is 4.68 Å². The Morgan fingerprint density at radius 1 is 1.26 bits per heavy atom. The largest absolute Gasteiger partial charge is 0.454 e. The number of carbonyl (C=O) groups excluding carboxylic acids is 1.